The van der Waals surface area contributed by atoms with Crippen LogP contribution in [0.15, 0.2) is 0 Å². The van der Waals surface area contributed by atoms with E-state index in [1.54, 1.807) is 0 Å². The fourth-order valence-electron chi connectivity index (χ4n) is 3.78. The second-order valence-corrected chi connectivity index (χ2v) is 5.84. The van der Waals surface area contributed by atoms with Gasteiger partial charge in [-0.25, -0.2) is 0 Å². The molecule has 0 N–H and O–H groups in total. The summed E-state index contributed by atoms with van der Waals surface area (Å²) in [4.78, 5) is 15.0. The summed E-state index contributed by atoms with van der Waals surface area (Å²) in [5.41, 5.74) is -0.311. The maximum Gasteiger partial charge on any atom is 0.326 e. The van der Waals surface area contributed by atoms with Crippen molar-refractivity contribution in [3.63, 3.8) is 0 Å². The summed E-state index contributed by atoms with van der Waals surface area (Å²) in [5, 5.41) is 0. The highest BCUT2D eigenvalue weighted by molar-refractivity contribution is 5.81. The third-order valence-corrected chi connectivity index (χ3v) is 4.81. The van der Waals surface area contributed by atoms with Gasteiger partial charge in [0.1, 0.15) is 5.54 Å². The van der Waals surface area contributed by atoms with E-state index in [9.17, 15) is 4.79 Å². The predicted molar refractivity (Wildman–Crippen MR) is 72.4 cm³/mol. The summed E-state index contributed by atoms with van der Waals surface area (Å²) >= 11 is 0. The molecule has 2 atom stereocenters. The summed E-state index contributed by atoms with van der Waals surface area (Å²) in [6.45, 7) is 6.80. The van der Waals surface area contributed by atoms with Crippen LogP contribution >= 0.6 is 0 Å². The number of piperidine rings is 1. The highest BCUT2D eigenvalue weighted by Crippen LogP contribution is 2.40. The Kier molecular flexibility index (Phi) is 4.66. The molecule has 0 amide bonds. The molecule has 2 aliphatic rings. The van der Waals surface area contributed by atoms with E-state index in [1.165, 1.54) is 32.1 Å². The normalized spacial score (nSPS) is 34.2. The molecule has 2 fully saturated rings. The van der Waals surface area contributed by atoms with Crippen molar-refractivity contribution in [3.8, 4) is 0 Å². The lowest BCUT2D eigenvalue weighted by molar-refractivity contribution is -0.166. The average Bonchev–Trinajstić information content (AvgIpc) is 2.41. The molecular weight excluding hydrogens is 226 g/mol. The molecule has 0 bridgehead atoms. The smallest absolute Gasteiger partial charge is 0.326 e. The summed E-state index contributed by atoms with van der Waals surface area (Å²) in [6.07, 6.45) is 8.35. The van der Waals surface area contributed by atoms with Gasteiger partial charge in [0.15, 0.2) is 0 Å². The van der Waals surface area contributed by atoms with Gasteiger partial charge in [0.05, 0.1) is 6.61 Å². The molecule has 0 radical (unpaired) electrons. The van der Waals surface area contributed by atoms with E-state index in [2.05, 4.69) is 11.8 Å². The molecule has 0 spiro atoms. The van der Waals surface area contributed by atoms with Gasteiger partial charge >= 0.3 is 5.97 Å². The molecular formula is C15H27NO2. The van der Waals surface area contributed by atoms with Crippen LogP contribution in [-0.4, -0.2) is 36.1 Å². The highest BCUT2D eigenvalue weighted by Gasteiger charge is 2.50. The predicted octanol–water partition coefficient (Wildman–Crippen LogP) is 2.98. The fraction of sp³-hybridized carbons (Fsp3) is 0.933. The molecule has 0 aromatic rings. The first-order valence-corrected chi connectivity index (χ1v) is 7.64. The molecule has 1 aliphatic carbocycles. The Morgan fingerprint density at radius 3 is 2.56 bits per heavy atom. The Bertz CT molecular complexity index is 286. The lowest BCUT2D eigenvalue weighted by Gasteiger charge is -2.49. The van der Waals surface area contributed by atoms with Gasteiger partial charge < -0.3 is 4.74 Å². The molecule has 18 heavy (non-hydrogen) atoms. The van der Waals surface area contributed by atoms with Crippen LogP contribution in [0.3, 0.4) is 0 Å². The first kappa shape index (κ1) is 13.9. The van der Waals surface area contributed by atoms with Crippen LogP contribution < -0.4 is 0 Å². The minimum atomic E-state index is -0.311. The first-order chi connectivity index (χ1) is 8.71. The molecule has 104 valence electrons. The molecule has 1 heterocycles. The van der Waals surface area contributed by atoms with E-state index in [0.29, 0.717) is 12.5 Å². The second kappa shape index (κ2) is 6.05. The van der Waals surface area contributed by atoms with Gasteiger partial charge in [0.25, 0.3) is 0 Å². The van der Waals surface area contributed by atoms with Crippen molar-refractivity contribution in [3.05, 3.63) is 0 Å². The molecule has 1 saturated heterocycles. The quantitative estimate of drug-likeness (QED) is 0.724. The van der Waals surface area contributed by atoms with Gasteiger partial charge in [-0.1, -0.05) is 26.2 Å². The van der Waals surface area contributed by atoms with Gasteiger partial charge in [-0.05, 0) is 51.6 Å². The van der Waals surface area contributed by atoms with Crippen molar-refractivity contribution in [2.24, 2.45) is 5.92 Å². The minimum absolute atomic E-state index is 0.0408. The Balaban J connectivity index is 2.22. The summed E-state index contributed by atoms with van der Waals surface area (Å²) in [7, 11) is 0. The molecule has 3 nitrogen and oxygen atoms in total. The Hall–Kier alpha value is -0.570. The summed E-state index contributed by atoms with van der Waals surface area (Å²) < 4.78 is 5.43. The van der Waals surface area contributed by atoms with Gasteiger partial charge in [-0.3, -0.25) is 9.69 Å². The molecule has 0 aromatic carbocycles. The van der Waals surface area contributed by atoms with Gasteiger partial charge in [-0.15, -0.1) is 0 Å². The lowest BCUT2D eigenvalue weighted by atomic mass is 9.71. The number of likely N-dealkylation sites (tertiary alicyclic amines) is 1. The largest absolute Gasteiger partial charge is 0.465 e. The highest BCUT2D eigenvalue weighted by atomic mass is 16.5. The minimum Gasteiger partial charge on any atom is -0.465 e. The number of hydrogen-bond acceptors (Lipinski definition) is 3. The van der Waals surface area contributed by atoms with Gasteiger partial charge in [-0.2, -0.15) is 0 Å². The number of esters is 1. The topological polar surface area (TPSA) is 29.5 Å². The molecule has 1 aliphatic heterocycles. The average molecular weight is 253 g/mol. The monoisotopic (exact) mass is 253 g/mol. The zero-order valence-corrected chi connectivity index (χ0v) is 11.9. The van der Waals surface area contributed by atoms with Gasteiger partial charge in [0, 0.05) is 0 Å². The Morgan fingerprint density at radius 2 is 1.94 bits per heavy atom. The van der Waals surface area contributed by atoms with Crippen LogP contribution in [0.2, 0.25) is 0 Å². The van der Waals surface area contributed by atoms with Crippen LogP contribution in [0.5, 0.6) is 0 Å². The van der Waals surface area contributed by atoms with E-state index in [1.807, 2.05) is 6.92 Å². The van der Waals surface area contributed by atoms with Crippen molar-refractivity contribution in [2.75, 3.05) is 19.7 Å². The third kappa shape index (κ3) is 2.42. The number of carbonyl (C=O) groups is 1. The zero-order valence-electron chi connectivity index (χ0n) is 11.9. The second-order valence-electron chi connectivity index (χ2n) is 5.84. The van der Waals surface area contributed by atoms with Crippen molar-refractivity contribution in [2.45, 2.75) is 64.3 Å². The number of hydrogen-bond donors (Lipinski definition) is 0. The van der Waals surface area contributed by atoms with Crippen LogP contribution in [-0.2, 0) is 9.53 Å². The van der Waals surface area contributed by atoms with Crippen LogP contribution in [0.4, 0.5) is 0 Å². The van der Waals surface area contributed by atoms with Crippen LogP contribution in [0, 0.1) is 5.92 Å². The van der Waals surface area contributed by atoms with Crippen molar-refractivity contribution < 1.29 is 9.53 Å². The van der Waals surface area contributed by atoms with Crippen molar-refractivity contribution in [1.29, 1.82) is 0 Å². The van der Waals surface area contributed by atoms with E-state index in [0.717, 1.165) is 25.9 Å². The Labute approximate surface area is 111 Å². The fourth-order valence-corrected chi connectivity index (χ4v) is 3.78. The maximum absolute atomic E-state index is 12.6. The molecule has 0 unspecified atom stereocenters. The standard InChI is InChI=1S/C15H27NO2/c1-3-18-14(17)15(10-6-5-9-13(15)2)16-11-7-4-8-12-16/h13H,3-12H2,1-2H3/t13-,15-/m1/s1. The number of ether oxygens (including phenoxy) is 1. The SMILES string of the molecule is CCOC(=O)[C@@]1(N2CCCCC2)CCCC[C@H]1C. The third-order valence-electron chi connectivity index (χ3n) is 4.81. The first-order valence-electron chi connectivity index (χ1n) is 7.64. The molecule has 1 saturated carbocycles. The van der Waals surface area contributed by atoms with E-state index in [-0.39, 0.29) is 11.5 Å². The van der Waals surface area contributed by atoms with Crippen molar-refractivity contribution >= 4 is 5.97 Å². The summed E-state index contributed by atoms with van der Waals surface area (Å²) in [6, 6.07) is 0. The maximum atomic E-state index is 12.6. The number of nitrogens with zero attached hydrogens (tertiary/aromatic N) is 1. The number of rotatable bonds is 3. The van der Waals surface area contributed by atoms with Crippen LogP contribution in [0.25, 0.3) is 0 Å². The Morgan fingerprint density at radius 1 is 1.22 bits per heavy atom. The molecule has 0 aromatic heterocycles. The van der Waals surface area contributed by atoms with E-state index < -0.39 is 0 Å². The molecule has 2 rings (SSSR count). The van der Waals surface area contributed by atoms with Gasteiger partial charge in [0.2, 0.25) is 0 Å². The van der Waals surface area contributed by atoms with E-state index >= 15 is 0 Å². The van der Waals surface area contributed by atoms with E-state index in [4.69, 9.17) is 4.74 Å². The van der Waals surface area contributed by atoms with Crippen LogP contribution in [0.1, 0.15) is 58.8 Å². The van der Waals surface area contributed by atoms with Crippen molar-refractivity contribution in [1.82, 2.24) is 4.90 Å². The zero-order chi connectivity index (χ0) is 13.0. The molecule has 3 heteroatoms. The summed E-state index contributed by atoms with van der Waals surface area (Å²) in [5.74, 6) is 0.475. The number of carbonyl (C=O) groups excluding carboxylic acids is 1. The lowest BCUT2D eigenvalue weighted by Crippen LogP contribution is -2.61.